The van der Waals surface area contributed by atoms with Crippen molar-refractivity contribution in [3.8, 4) is 0 Å². The predicted octanol–water partition coefficient (Wildman–Crippen LogP) is 2.15. The van der Waals surface area contributed by atoms with E-state index in [0.29, 0.717) is 11.6 Å². The van der Waals surface area contributed by atoms with Crippen LogP contribution in [0.3, 0.4) is 0 Å². The molecule has 1 amide bonds. The number of piperidine rings is 1. The first kappa shape index (κ1) is 22.9. The zero-order valence-electron chi connectivity index (χ0n) is 15.5. The van der Waals surface area contributed by atoms with Crippen molar-refractivity contribution in [1.82, 2.24) is 14.9 Å². The van der Waals surface area contributed by atoms with Crippen LogP contribution in [0.5, 0.6) is 0 Å². The smallest absolute Gasteiger partial charge is 0.254 e. The fraction of sp³-hybridized carbons (Fsp3) is 0.611. The number of hydrogen-bond acceptors (Lipinski definition) is 4. The quantitative estimate of drug-likeness (QED) is 0.697. The zero-order chi connectivity index (χ0) is 18.3. The van der Waals surface area contributed by atoms with Crippen LogP contribution in [-0.4, -0.2) is 50.7 Å². The summed E-state index contributed by atoms with van der Waals surface area (Å²) in [5, 5.41) is 3.33. The molecule has 0 aliphatic carbocycles. The van der Waals surface area contributed by atoms with Gasteiger partial charge in [0.05, 0.1) is 5.75 Å². The van der Waals surface area contributed by atoms with Gasteiger partial charge >= 0.3 is 0 Å². The molecule has 1 aliphatic rings. The van der Waals surface area contributed by atoms with Crippen LogP contribution in [-0.2, 0) is 16.6 Å². The van der Waals surface area contributed by atoms with E-state index in [-0.39, 0.29) is 30.6 Å². The van der Waals surface area contributed by atoms with Crippen molar-refractivity contribution in [2.45, 2.75) is 45.7 Å². The fourth-order valence-corrected chi connectivity index (χ4v) is 3.63. The van der Waals surface area contributed by atoms with Gasteiger partial charge in [-0.15, -0.1) is 12.4 Å². The maximum Gasteiger partial charge on any atom is 0.254 e. The minimum absolute atomic E-state index is 0. The molecule has 1 heterocycles. The molecule has 2 rings (SSSR count). The van der Waals surface area contributed by atoms with Gasteiger partial charge < -0.3 is 10.2 Å². The van der Waals surface area contributed by atoms with Crippen molar-refractivity contribution in [2.24, 2.45) is 0 Å². The summed E-state index contributed by atoms with van der Waals surface area (Å²) in [6.45, 7) is 6.61. The Morgan fingerprint density at radius 1 is 1.19 bits per heavy atom. The third-order valence-corrected chi connectivity index (χ3v) is 5.90. The zero-order valence-corrected chi connectivity index (χ0v) is 17.2. The Morgan fingerprint density at radius 2 is 1.81 bits per heavy atom. The Hall–Kier alpha value is -1.15. The first-order valence-corrected chi connectivity index (χ1v) is 10.7. The summed E-state index contributed by atoms with van der Waals surface area (Å²) < 4.78 is 25.6. The Balaban J connectivity index is 0.00000338. The summed E-state index contributed by atoms with van der Waals surface area (Å²) in [6, 6.07) is 7.52. The lowest BCUT2D eigenvalue weighted by molar-refractivity contribution is 0.0642. The van der Waals surface area contributed by atoms with Gasteiger partial charge in [0.1, 0.15) is 0 Å². The van der Waals surface area contributed by atoms with E-state index in [1.54, 1.807) is 19.1 Å². The molecule has 2 N–H and O–H groups in total. The molecule has 0 bridgehead atoms. The van der Waals surface area contributed by atoms with E-state index in [4.69, 9.17) is 0 Å². The van der Waals surface area contributed by atoms with Crippen molar-refractivity contribution in [3.05, 3.63) is 35.4 Å². The lowest BCUT2D eigenvalue weighted by atomic mass is 10.0. The summed E-state index contributed by atoms with van der Waals surface area (Å²) in [6.07, 6.45) is 2.91. The Morgan fingerprint density at radius 3 is 2.35 bits per heavy atom. The van der Waals surface area contributed by atoms with Gasteiger partial charge in [0.15, 0.2) is 0 Å². The van der Waals surface area contributed by atoms with Gasteiger partial charge in [-0.25, -0.2) is 13.1 Å². The molecular weight excluding hydrogens is 374 g/mol. The van der Waals surface area contributed by atoms with Gasteiger partial charge in [0.25, 0.3) is 5.91 Å². The Bertz CT molecular complexity index is 659. The second kappa shape index (κ2) is 10.9. The topological polar surface area (TPSA) is 78.5 Å². The van der Waals surface area contributed by atoms with E-state index < -0.39 is 10.0 Å². The van der Waals surface area contributed by atoms with Crippen LogP contribution in [0.4, 0.5) is 0 Å². The van der Waals surface area contributed by atoms with Gasteiger partial charge in [0, 0.05) is 24.7 Å². The molecule has 1 aromatic carbocycles. The summed E-state index contributed by atoms with van der Waals surface area (Å²) in [5.74, 6) is 0.126. The molecule has 8 heteroatoms. The number of sulfonamides is 1. The molecule has 1 aliphatic heterocycles. The summed E-state index contributed by atoms with van der Waals surface area (Å²) in [5.41, 5.74) is 1.51. The van der Waals surface area contributed by atoms with Crippen LogP contribution < -0.4 is 10.0 Å². The van der Waals surface area contributed by atoms with E-state index in [2.05, 4.69) is 17.0 Å². The molecule has 1 saturated heterocycles. The largest absolute Gasteiger partial charge is 0.336 e. The van der Waals surface area contributed by atoms with Gasteiger partial charge in [0.2, 0.25) is 10.0 Å². The number of carbonyl (C=O) groups excluding carboxylic acids is 1. The van der Waals surface area contributed by atoms with E-state index in [9.17, 15) is 13.2 Å². The third kappa shape index (κ3) is 6.54. The fourth-order valence-electron chi connectivity index (χ4n) is 3.04. The minimum Gasteiger partial charge on any atom is -0.336 e. The minimum atomic E-state index is -3.21. The second-order valence-corrected chi connectivity index (χ2v) is 8.50. The molecule has 0 saturated carbocycles. The molecule has 6 nitrogen and oxygen atoms in total. The highest BCUT2D eigenvalue weighted by atomic mass is 35.5. The van der Waals surface area contributed by atoms with Crippen molar-refractivity contribution in [1.29, 1.82) is 0 Å². The molecule has 0 aromatic heterocycles. The number of rotatable bonds is 8. The standard InChI is InChI=1S/C18H29N3O3S.ClH/c1-3-13-21(17-9-11-19-12-10-17)18(22)16-7-5-15(6-8-16)14-20-25(23,24)4-2;/h5-8,17,19-20H,3-4,9-14H2,1-2H3;1H. The van der Waals surface area contributed by atoms with Crippen LogP contribution in [0.25, 0.3) is 0 Å². The van der Waals surface area contributed by atoms with Crippen LogP contribution >= 0.6 is 12.4 Å². The second-order valence-electron chi connectivity index (χ2n) is 6.40. The highest BCUT2D eigenvalue weighted by Gasteiger charge is 2.25. The highest BCUT2D eigenvalue weighted by molar-refractivity contribution is 7.89. The van der Waals surface area contributed by atoms with Crippen LogP contribution in [0.1, 0.15) is 49.0 Å². The first-order valence-electron chi connectivity index (χ1n) is 9.04. The summed E-state index contributed by atoms with van der Waals surface area (Å²) >= 11 is 0. The number of hydrogen-bond donors (Lipinski definition) is 2. The summed E-state index contributed by atoms with van der Waals surface area (Å²) in [4.78, 5) is 14.9. The van der Waals surface area contributed by atoms with E-state index >= 15 is 0 Å². The number of nitrogens with one attached hydrogen (secondary N) is 2. The number of halogens is 1. The van der Waals surface area contributed by atoms with E-state index in [1.165, 1.54) is 0 Å². The van der Waals surface area contributed by atoms with Gasteiger partial charge in [-0.3, -0.25) is 4.79 Å². The van der Waals surface area contributed by atoms with Crippen molar-refractivity contribution in [3.63, 3.8) is 0 Å². The van der Waals surface area contributed by atoms with Gasteiger partial charge in [-0.1, -0.05) is 19.1 Å². The average Bonchev–Trinajstić information content (AvgIpc) is 2.65. The van der Waals surface area contributed by atoms with Gasteiger partial charge in [-0.2, -0.15) is 0 Å². The van der Waals surface area contributed by atoms with Crippen LogP contribution in [0.2, 0.25) is 0 Å². The van der Waals surface area contributed by atoms with Gasteiger partial charge in [-0.05, 0) is 57.0 Å². The van der Waals surface area contributed by atoms with Crippen molar-refractivity contribution >= 4 is 28.3 Å². The maximum absolute atomic E-state index is 12.9. The SMILES string of the molecule is CCCN(C(=O)c1ccc(CNS(=O)(=O)CC)cc1)C1CCNCC1.Cl. The number of amides is 1. The lowest BCUT2D eigenvalue weighted by Gasteiger charge is -2.34. The first-order chi connectivity index (χ1) is 12.0. The molecule has 1 fully saturated rings. The van der Waals surface area contributed by atoms with Crippen LogP contribution in [0, 0.1) is 0 Å². The van der Waals surface area contributed by atoms with Crippen molar-refractivity contribution < 1.29 is 13.2 Å². The lowest BCUT2D eigenvalue weighted by Crippen LogP contribution is -2.46. The molecule has 148 valence electrons. The number of nitrogens with zero attached hydrogens (tertiary/aromatic N) is 1. The Labute approximate surface area is 163 Å². The van der Waals surface area contributed by atoms with Crippen molar-refractivity contribution in [2.75, 3.05) is 25.4 Å². The highest BCUT2D eigenvalue weighted by Crippen LogP contribution is 2.17. The normalized spacial score (nSPS) is 15.3. The van der Waals surface area contributed by atoms with Crippen LogP contribution in [0.15, 0.2) is 24.3 Å². The molecular formula is C18H30ClN3O3S. The molecule has 0 unspecified atom stereocenters. The van der Waals surface area contributed by atoms with E-state index in [0.717, 1.165) is 44.5 Å². The monoisotopic (exact) mass is 403 g/mol. The number of carbonyl (C=O) groups is 1. The summed E-state index contributed by atoms with van der Waals surface area (Å²) in [7, 11) is -3.21. The average molecular weight is 404 g/mol. The Kier molecular flexibility index (Phi) is 9.57. The molecule has 0 atom stereocenters. The predicted molar refractivity (Wildman–Crippen MR) is 107 cm³/mol. The number of benzene rings is 1. The molecule has 1 aromatic rings. The maximum atomic E-state index is 12.9. The molecule has 26 heavy (non-hydrogen) atoms. The molecule has 0 radical (unpaired) electrons. The molecule has 0 spiro atoms. The third-order valence-electron chi connectivity index (χ3n) is 4.55. The van der Waals surface area contributed by atoms with E-state index in [1.807, 2.05) is 17.0 Å².